The van der Waals surface area contributed by atoms with Crippen molar-refractivity contribution in [1.82, 2.24) is 0 Å². The molecule has 1 aromatic rings. The molecule has 1 atom stereocenters. The van der Waals surface area contributed by atoms with Crippen LogP contribution < -0.4 is 15.2 Å². The van der Waals surface area contributed by atoms with Gasteiger partial charge in [0.05, 0.1) is 20.8 Å². The van der Waals surface area contributed by atoms with Crippen molar-refractivity contribution >= 4 is 5.97 Å². The molecule has 0 spiro atoms. The third kappa shape index (κ3) is 4.74. The molecule has 0 heterocycles. The molecule has 2 N–H and O–H groups in total. The maximum atomic E-state index is 11.3. The van der Waals surface area contributed by atoms with Gasteiger partial charge < -0.3 is 19.9 Å². The zero-order valence-electron chi connectivity index (χ0n) is 12.3. The number of carbonyl (C=O) groups excluding carboxylic acids is 1. The van der Waals surface area contributed by atoms with E-state index in [-0.39, 0.29) is 12.0 Å². The van der Waals surface area contributed by atoms with E-state index >= 15 is 0 Å². The summed E-state index contributed by atoms with van der Waals surface area (Å²) in [4.78, 5) is 11.3. The standard InChI is InChI=1S/C15H23NO4/c1-4-20-14(17)9-8-12(16)10-11-6-5-7-13(18-2)15(11)19-3/h5-7,12H,4,8-10,16H2,1-3H3. The Labute approximate surface area is 120 Å². The van der Waals surface area contributed by atoms with Crippen molar-refractivity contribution in [3.05, 3.63) is 23.8 Å². The molecule has 0 saturated heterocycles. The van der Waals surface area contributed by atoms with Crippen LogP contribution in [0.4, 0.5) is 0 Å². The number of esters is 1. The highest BCUT2D eigenvalue weighted by atomic mass is 16.5. The van der Waals surface area contributed by atoms with Crippen molar-refractivity contribution in [3.8, 4) is 11.5 Å². The molecule has 0 aliphatic heterocycles. The first-order chi connectivity index (χ1) is 9.62. The predicted octanol–water partition coefficient (Wildman–Crippen LogP) is 1.92. The Morgan fingerprint density at radius 3 is 2.65 bits per heavy atom. The van der Waals surface area contributed by atoms with Crippen LogP contribution in [0.15, 0.2) is 18.2 Å². The van der Waals surface area contributed by atoms with E-state index in [9.17, 15) is 4.79 Å². The SMILES string of the molecule is CCOC(=O)CCC(N)Cc1cccc(OC)c1OC. The lowest BCUT2D eigenvalue weighted by Crippen LogP contribution is -2.24. The summed E-state index contributed by atoms with van der Waals surface area (Å²) in [6.07, 6.45) is 1.54. The number of ether oxygens (including phenoxy) is 3. The van der Waals surface area contributed by atoms with Crippen molar-refractivity contribution in [2.24, 2.45) is 5.73 Å². The van der Waals surface area contributed by atoms with Gasteiger partial charge in [-0.1, -0.05) is 12.1 Å². The fraction of sp³-hybridized carbons (Fsp3) is 0.533. The number of hydrogen-bond donors (Lipinski definition) is 1. The van der Waals surface area contributed by atoms with Gasteiger partial charge in [0.2, 0.25) is 0 Å². The number of para-hydroxylation sites is 1. The molecular weight excluding hydrogens is 258 g/mol. The lowest BCUT2D eigenvalue weighted by Gasteiger charge is -2.16. The van der Waals surface area contributed by atoms with Crippen LogP contribution >= 0.6 is 0 Å². The summed E-state index contributed by atoms with van der Waals surface area (Å²) in [5.74, 6) is 1.17. The minimum Gasteiger partial charge on any atom is -0.493 e. The molecule has 1 rings (SSSR count). The van der Waals surface area contributed by atoms with Crippen LogP contribution in [-0.4, -0.2) is 32.8 Å². The van der Waals surface area contributed by atoms with Gasteiger partial charge in [-0.2, -0.15) is 0 Å². The Morgan fingerprint density at radius 1 is 1.30 bits per heavy atom. The molecule has 0 radical (unpaired) electrons. The van der Waals surface area contributed by atoms with Crippen LogP contribution in [0.5, 0.6) is 11.5 Å². The van der Waals surface area contributed by atoms with Gasteiger partial charge in [-0.05, 0) is 31.4 Å². The van der Waals surface area contributed by atoms with E-state index in [4.69, 9.17) is 19.9 Å². The minimum absolute atomic E-state index is 0.125. The molecule has 0 bridgehead atoms. The van der Waals surface area contributed by atoms with Gasteiger partial charge in [0.1, 0.15) is 0 Å². The molecule has 0 aromatic heterocycles. The molecule has 5 heteroatoms. The van der Waals surface area contributed by atoms with Crippen LogP contribution in [0.2, 0.25) is 0 Å². The molecule has 0 fully saturated rings. The molecule has 5 nitrogen and oxygen atoms in total. The van der Waals surface area contributed by atoms with Crippen LogP contribution in [-0.2, 0) is 16.0 Å². The van der Waals surface area contributed by atoms with Crippen molar-refractivity contribution in [1.29, 1.82) is 0 Å². The second-order valence-corrected chi connectivity index (χ2v) is 4.46. The van der Waals surface area contributed by atoms with E-state index in [2.05, 4.69) is 0 Å². The van der Waals surface area contributed by atoms with Gasteiger partial charge in [-0.25, -0.2) is 0 Å². The summed E-state index contributed by atoms with van der Waals surface area (Å²) in [7, 11) is 3.20. The van der Waals surface area contributed by atoms with E-state index in [1.54, 1.807) is 21.1 Å². The molecule has 0 amide bonds. The summed E-state index contributed by atoms with van der Waals surface area (Å²) in [5.41, 5.74) is 7.04. The fourth-order valence-corrected chi connectivity index (χ4v) is 2.04. The van der Waals surface area contributed by atoms with E-state index in [1.165, 1.54) is 0 Å². The molecular formula is C15H23NO4. The summed E-state index contributed by atoms with van der Waals surface area (Å²) in [6.45, 7) is 2.19. The molecule has 1 unspecified atom stereocenters. The Bertz CT molecular complexity index is 434. The van der Waals surface area contributed by atoms with Crippen molar-refractivity contribution < 1.29 is 19.0 Å². The highest BCUT2D eigenvalue weighted by Crippen LogP contribution is 2.31. The third-order valence-corrected chi connectivity index (χ3v) is 2.99. The zero-order chi connectivity index (χ0) is 15.0. The van der Waals surface area contributed by atoms with Gasteiger partial charge in [0, 0.05) is 12.5 Å². The third-order valence-electron chi connectivity index (χ3n) is 2.99. The molecule has 20 heavy (non-hydrogen) atoms. The first-order valence-electron chi connectivity index (χ1n) is 6.73. The Kier molecular flexibility index (Phi) is 6.87. The van der Waals surface area contributed by atoms with Gasteiger partial charge in [0.15, 0.2) is 11.5 Å². The maximum absolute atomic E-state index is 11.3. The van der Waals surface area contributed by atoms with Gasteiger partial charge in [-0.3, -0.25) is 4.79 Å². The molecule has 0 aliphatic rings. The molecule has 0 saturated carbocycles. The normalized spacial score (nSPS) is 11.8. The van der Waals surface area contributed by atoms with E-state index in [0.29, 0.717) is 37.4 Å². The van der Waals surface area contributed by atoms with Gasteiger partial charge in [0.25, 0.3) is 0 Å². The Morgan fingerprint density at radius 2 is 2.05 bits per heavy atom. The second-order valence-electron chi connectivity index (χ2n) is 4.46. The number of hydrogen-bond acceptors (Lipinski definition) is 5. The van der Waals surface area contributed by atoms with E-state index in [0.717, 1.165) is 5.56 Å². The smallest absolute Gasteiger partial charge is 0.305 e. The largest absolute Gasteiger partial charge is 0.493 e. The number of nitrogens with two attached hydrogens (primary N) is 1. The van der Waals surface area contributed by atoms with Crippen molar-refractivity contribution in [2.75, 3.05) is 20.8 Å². The van der Waals surface area contributed by atoms with Crippen LogP contribution in [0, 0.1) is 0 Å². The van der Waals surface area contributed by atoms with Crippen molar-refractivity contribution in [3.63, 3.8) is 0 Å². The van der Waals surface area contributed by atoms with Crippen LogP contribution in [0.1, 0.15) is 25.3 Å². The molecule has 0 aliphatic carbocycles. The first-order valence-corrected chi connectivity index (χ1v) is 6.73. The average Bonchev–Trinajstić information content (AvgIpc) is 2.45. The lowest BCUT2D eigenvalue weighted by molar-refractivity contribution is -0.143. The number of carbonyl (C=O) groups is 1. The van der Waals surface area contributed by atoms with E-state index in [1.807, 2.05) is 18.2 Å². The van der Waals surface area contributed by atoms with Gasteiger partial charge in [-0.15, -0.1) is 0 Å². The van der Waals surface area contributed by atoms with Crippen LogP contribution in [0.3, 0.4) is 0 Å². The molecule has 1 aromatic carbocycles. The van der Waals surface area contributed by atoms with Crippen LogP contribution in [0.25, 0.3) is 0 Å². The summed E-state index contributed by atoms with van der Waals surface area (Å²) in [6, 6.07) is 5.56. The molecule has 112 valence electrons. The number of methoxy groups -OCH3 is 2. The topological polar surface area (TPSA) is 70.8 Å². The summed E-state index contributed by atoms with van der Waals surface area (Å²) in [5, 5.41) is 0. The fourth-order valence-electron chi connectivity index (χ4n) is 2.04. The minimum atomic E-state index is -0.208. The first kappa shape index (κ1) is 16.3. The monoisotopic (exact) mass is 281 g/mol. The van der Waals surface area contributed by atoms with Gasteiger partial charge >= 0.3 is 5.97 Å². The van der Waals surface area contributed by atoms with Crippen molar-refractivity contribution in [2.45, 2.75) is 32.2 Å². The summed E-state index contributed by atoms with van der Waals surface area (Å²) < 4.78 is 15.5. The summed E-state index contributed by atoms with van der Waals surface area (Å²) >= 11 is 0. The Balaban J connectivity index is 2.61. The lowest BCUT2D eigenvalue weighted by atomic mass is 10.0. The maximum Gasteiger partial charge on any atom is 0.305 e. The quantitative estimate of drug-likeness (QED) is 0.737. The highest BCUT2D eigenvalue weighted by molar-refractivity contribution is 5.69. The number of rotatable bonds is 8. The zero-order valence-corrected chi connectivity index (χ0v) is 12.3. The second kappa shape index (κ2) is 8.43. The van der Waals surface area contributed by atoms with E-state index < -0.39 is 0 Å². The predicted molar refractivity (Wildman–Crippen MR) is 77.1 cm³/mol. The Hall–Kier alpha value is -1.75. The number of benzene rings is 1. The highest BCUT2D eigenvalue weighted by Gasteiger charge is 2.14. The average molecular weight is 281 g/mol.